The summed E-state index contributed by atoms with van der Waals surface area (Å²) in [5.41, 5.74) is 6.43. The van der Waals surface area contributed by atoms with E-state index in [1.165, 1.54) is 76.6 Å². The third-order valence-corrected chi connectivity index (χ3v) is 5.73. The van der Waals surface area contributed by atoms with Gasteiger partial charge in [-0.2, -0.15) is 5.10 Å². The van der Waals surface area contributed by atoms with E-state index in [4.69, 9.17) is 12.2 Å². The largest absolute Gasteiger partial charge is 0.372 e. The van der Waals surface area contributed by atoms with Crippen molar-refractivity contribution in [3.63, 3.8) is 0 Å². The van der Waals surface area contributed by atoms with Crippen LogP contribution in [0.1, 0.15) is 70.3 Å². The second-order valence-electron chi connectivity index (χ2n) is 7.57. The Kier molecular flexibility index (Phi) is 7.30. The lowest BCUT2D eigenvalue weighted by Gasteiger charge is -2.23. The zero-order valence-electron chi connectivity index (χ0n) is 16.0. The maximum Gasteiger partial charge on any atom is 0.187 e. The van der Waals surface area contributed by atoms with Crippen LogP contribution in [0.25, 0.3) is 0 Å². The van der Waals surface area contributed by atoms with E-state index >= 15 is 0 Å². The Morgan fingerprint density at radius 2 is 1.58 bits per heavy atom. The van der Waals surface area contributed by atoms with Crippen molar-refractivity contribution in [2.24, 2.45) is 5.10 Å². The summed E-state index contributed by atoms with van der Waals surface area (Å²) in [6, 6.07) is 9.28. The van der Waals surface area contributed by atoms with Crippen molar-refractivity contribution in [1.82, 2.24) is 10.7 Å². The van der Waals surface area contributed by atoms with E-state index in [1.54, 1.807) is 0 Å². The molecule has 2 fully saturated rings. The molecule has 1 aliphatic heterocycles. The Bertz CT molecular complexity index is 597. The van der Waals surface area contributed by atoms with Crippen molar-refractivity contribution < 1.29 is 0 Å². The first-order valence-corrected chi connectivity index (χ1v) is 10.6. The van der Waals surface area contributed by atoms with Crippen molar-refractivity contribution in [2.45, 2.75) is 70.8 Å². The van der Waals surface area contributed by atoms with Gasteiger partial charge in [0.1, 0.15) is 0 Å². The number of nitrogens with one attached hydrogen (secondary N) is 2. The van der Waals surface area contributed by atoms with Gasteiger partial charge in [-0.15, -0.1) is 0 Å². The van der Waals surface area contributed by atoms with Gasteiger partial charge in [-0.3, -0.25) is 5.43 Å². The van der Waals surface area contributed by atoms with Crippen LogP contribution in [0.3, 0.4) is 0 Å². The van der Waals surface area contributed by atoms with Gasteiger partial charge in [-0.1, -0.05) is 44.2 Å². The first-order valence-electron chi connectivity index (χ1n) is 10.2. The molecule has 2 aliphatic rings. The molecule has 0 radical (unpaired) electrons. The lowest BCUT2D eigenvalue weighted by atomic mass is 9.96. The summed E-state index contributed by atoms with van der Waals surface area (Å²) in [5.74, 6) is 0. The third kappa shape index (κ3) is 5.70. The number of hydrazone groups is 1. The molecule has 1 aromatic rings. The van der Waals surface area contributed by atoms with Crippen LogP contribution in [0.2, 0.25) is 0 Å². The van der Waals surface area contributed by atoms with Crippen molar-refractivity contribution in [2.75, 3.05) is 18.0 Å². The van der Waals surface area contributed by atoms with E-state index < -0.39 is 0 Å². The normalized spacial score (nSPS) is 19.7. The maximum absolute atomic E-state index is 5.39. The SMILES string of the molecule is CC(=NNC(=S)NC1CCCCC1)c1ccc(N2CCCCCC2)cc1. The molecule has 0 spiro atoms. The van der Waals surface area contributed by atoms with Crippen molar-refractivity contribution in [3.05, 3.63) is 29.8 Å². The number of benzene rings is 1. The Morgan fingerprint density at radius 3 is 2.23 bits per heavy atom. The zero-order chi connectivity index (χ0) is 18.2. The molecule has 4 nitrogen and oxygen atoms in total. The van der Waals surface area contributed by atoms with Gasteiger partial charge in [0.15, 0.2) is 5.11 Å². The highest BCUT2D eigenvalue weighted by Crippen LogP contribution is 2.20. The van der Waals surface area contributed by atoms with Crippen molar-refractivity contribution in [3.8, 4) is 0 Å². The van der Waals surface area contributed by atoms with Crippen LogP contribution < -0.4 is 15.6 Å². The highest BCUT2D eigenvalue weighted by molar-refractivity contribution is 7.80. The molecule has 5 heteroatoms. The van der Waals surface area contributed by atoms with Crippen molar-refractivity contribution >= 4 is 28.7 Å². The van der Waals surface area contributed by atoms with Crippen LogP contribution in [-0.2, 0) is 0 Å². The maximum atomic E-state index is 5.39. The second-order valence-corrected chi connectivity index (χ2v) is 7.97. The number of nitrogens with zero attached hydrogens (tertiary/aromatic N) is 2. The molecule has 3 rings (SSSR count). The molecule has 0 aromatic heterocycles. The first kappa shape index (κ1) is 19.2. The average molecular weight is 373 g/mol. The van der Waals surface area contributed by atoms with Gasteiger partial charge >= 0.3 is 0 Å². The molecule has 1 aromatic carbocycles. The van der Waals surface area contributed by atoms with Crippen LogP contribution >= 0.6 is 12.2 Å². The molecule has 1 saturated carbocycles. The van der Waals surface area contributed by atoms with Crippen LogP contribution in [0.15, 0.2) is 29.4 Å². The summed E-state index contributed by atoms with van der Waals surface area (Å²) < 4.78 is 0. The zero-order valence-corrected chi connectivity index (χ0v) is 16.8. The van der Waals surface area contributed by atoms with Gasteiger partial charge in [0.25, 0.3) is 0 Å². The first-order chi connectivity index (χ1) is 12.7. The number of thiocarbonyl (C=S) groups is 1. The molecular weight excluding hydrogens is 340 g/mol. The molecular formula is C21H32N4S. The molecule has 0 unspecified atom stereocenters. The van der Waals surface area contributed by atoms with Crippen LogP contribution in [-0.4, -0.2) is 30.0 Å². The Labute approximate surface area is 163 Å². The minimum atomic E-state index is 0.507. The van der Waals surface area contributed by atoms with Crippen LogP contribution in [0, 0.1) is 0 Å². The van der Waals surface area contributed by atoms with Gasteiger partial charge in [0.2, 0.25) is 0 Å². The predicted molar refractivity (Wildman–Crippen MR) is 115 cm³/mol. The monoisotopic (exact) mass is 372 g/mol. The number of hydrogen-bond donors (Lipinski definition) is 2. The summed E-state index contributed by atoms with van der Waals surface area (Å²) in [6.07, 6.45) is 11.7. The number of anilines is 1. The van der Waals surface area contributed by atoms with Crippen LogP contribution in [0.4, 0.5) is 5.69 Å². The summed E-state index contributed by atoms with van der Waals surface area (Å²) in [6.45, 7) is 4.38. The number of hydrogen-bond acceptors (Lipinski definition) is 3. The summed E-state index contributed by atoms with van der Waals surface area (Å²) in [4.78, 5) is 2.50. The summed E-state index contributed by atoms with van der Waals surface area (Å²) in [7, 11) is 0. The van der Waals surface area contributed by atoms with E-state index in [0.717, 1.165) is 11.3 Å². The van der Waals surface area contributed by atoms with E-state index in [2.05, 4.69) is 45.0 Å². The molecule has 1 saturated heterocycles. The molecule has 0 atom stereocenters. The molecule has 1 heterocycles. The average Bonchev–Trinajstić information content (AvgIpc) is 2.96. The van der Waals surface area contributed by atoms with E-state index in [9.17, 15) is 0 Å². The number of rotatable bonds is 4. The molecule has 2 N–H and O–H groups in total. The fraction of sp³-hybridized carbons (Fsp3) is 0.619. The Hall–Kier alpha value is -1.62. The molecule has 26 heavy (non-hydrogen) atoms. The third-order valence-electron chi connectivity index (χ3n) is 5.52. The molecule has 0 amide bonds. The Balaban J connectivity index is 1.52. The lowest BCUT2D eigenvalue weighted by Crippen LogP contribution is -2.41. The highest BCUT2D eigenvalue weighted by atomic mass is 32.1. The Morgan fingerprint density at radius 1 is 0.962 bits per heavy atom. The van der Waals surface area contributed by atoms with E-state index in [1.807, 2.05) is 6.92 Å². The quantitative estimate of drug-likeness (QED) is 0.461. The van der Waals surface area contributed by atoms with Gasteiger partial charge in [0, 0.05) is 24.8 Å². The lowest BCUT2D eigenvalue weighted by molar-refractivity contribution is 0.412. The van der Waals surface area contributed by atoms with E-state index in [0.29, 0.717) is 11.2 Å². The fourth-order valence-corrected chi connectivity index (χ4v) is 4.12. The van der Waals surface area contributed by atoms with Gasteiger partial charge in [-0.25, -0.2) is 0 Å². The minimum absolute atomic E-state index is 0.507. The van der Waals surface area contributed by atoms with Crippen LogP contribution in [0.5, 0.6) is 0 Å². The van der Waals surface area contributed by atoms with Gasteiger partial charge in [0.05, 0.1) is 5.71 Å². The summed E-state index contributed by atoms with van der Waals surface area (Å²) >= 11 is 5.39. The smallest absolute Gasteiger partial charge is 0.187 e. The van der Waals surface area contributed by atoms with Gasteiger partial charge in [-0.05, 0) is 62.5 Å². The van der Waals surface area contributed by atoms with Gasteiger partial charge < -0.3 is 10.2 Å². The highest BCUT2D eigenvalue weighted by Gasteiger charge is 2.14. The van der Waals surface area contributed by atoms with E-state index in [-0.39, 0.29) is 0 Å². The molecule has 142 valence electrons. The topological polar surface area (TPSA) is 39.7 Å². The molecule has 0 bridgehead atoms. The minimum Gasteiger partial charge on any atom is -0.372 e. The molecule has 1 aliphatic carbocycles. The van der Waals surface area contributed by atoms with Crippen molar-refractivity contribution in [1.29, 1.82) is 0 Å². The fourth-order valence-electron chi connectivity index (χ4n) is 3.91. The second kappa shape index (κ2) is 9.91. The summed E-state index contributed by atoms with van der Waals surface area (Å²) in [5, 5.41) is 8.49. The standard InChI is InChI=1S/C21H32N4S/c1-17(23-24-21(26)22-19-9-5-4-6-10-19)18-11-13-20(14-12-18)25-15-7-2-3-8-16-25/h11-14,19H,2-10,15-16H2,1H3,(H2,22,24,26). The predicted octanol–water partition coefficient (Wildman–Crippen LogP) is 4.59.